The molecule has 0 saturated carbocycles. The molecule has 2 aliphatic rings. The maximum absolute atomic E-state index is 12.6. The van der Waals surface area contributed by atoms with Crippen molar-refractivity contribution in [3.63, 3.8) is 0 Å². The molecule has 0 bridgehead atoms. The minimum Gasteiger partial charge on any atom is -0.465 e. The van der Waals surface area contributed by atoms with Crippen LogP contribution in [0.5, 0.6) is 0 Å². The highest BCUT2D eigenvalue weighted by molar-refractivity contribution is 5.89. The molecule has 6 nitrogen and oxygen atoms in total. The second kappa shape index (κ2) is 8.98. The zero-order valence-electron chi connectivity index (χ0n) is 17.6. The predicted molar refractivity (Wildman–Crippen MR) is 115 cm³/mol. The second-order valence-corrected chi connectivity index (χ2v) is 8.16. The van der Waals surface area contributed by atoms with E-state index in [1.54, 1.807) is 19.2 Å². The number of hydrogen-bond donors (Lipinski definition) is 2. The third-order valence-corrected chi connectivity index (χ3v) is 6.36. The summed E-state index contributed by atoms with van der Waals surface area (Å²) in [5.41, 5.74) is 4.46. The summed E-state index contributed by atoms with van der Waals surface area (Å²) in [4.78, 5) is 26.5. The van der Waals surface area contributed by atoms with Crippen molar-refractivity contribution < 1.29 is 14.3 Å². The number of nitrogens with one attached hydrogen (secondary N) is 2. The molecule has 2 aromatic rings. The molecule has 1 aliphatic carbocycles. The number of esters is 1. The number of rotatable bonds is 6. The second-order valence-electron chi connectivity index (χ2n) is 8.16. The third-order valence-electron chi connectivity index (χ3n) is 6.36. The molecule has 1 saturated heterocycles. The van der Waals surface area contributed by atoms with Gasteiger partial charge in [0.25, 0.3) is 0 Å². The summed E-state index contributed by atoms with van der Waals surface area (Å²) in [6, 6.07) is 16.6. The number of likely N-dealkylation sites (tertiary alicyclic amines) is 1. The van der Waals surface area contributed by atoms with Gasteiger partial charge in [-0.25, -0.2) is 4.79 Å². The van der Waals surface area contributed by atoms with Crippen LogP contribution >= 0.6 is 0 Å². The third kappa shape index (κ3) is 4.25. The van der Waals surface area contributed by atoms with Gasteiger partial charge < -0.3 is 15.4 Å². The van der Waals surface area contributed by atoms with E-state index in [0.29, 0.717) is 18.2 Å². The topological polar surface area (TPSA) is 70.7 Å². The Hall–Kier alpha value is -2.70. The van der Waals surface area contributed by atoms with Crippen LogP contribution in [-0.2, 0) is 28.9 Å². The SMILES string of the molecule is CNC(=O)[C@@H]1C[C@@H](NCc2ccc(C(=O)OC)cc2)CN1C1Cc2ccccc2C1. The van der Waals surface area contributed by atoms with E-state index < -0.39 is 0 Å². The van der Waals surface area contributed by atoms with Gasteiger partial charge in [-0.3, -0.25) is 9.69 Å². The van der Waals surface area contributed by atoms with Gasteiger partial charge in [-0.05, 0) is 48.1 Å². The smallest absolute Gasteiger partial charge is 0.337 e. The summed E-state index contributed by atoms with van der Waals surface area (Å²) in [6.07, 6.45) is 2.81. The average Bonchev–Trinajstić information content (AvgIpc) is 3.41. The molecule has 0 spiro atoms. The predicted octanol–water partition coefficient (Wildman–Crippen LogP) is 1.92. The van der Waals surface area contributed by atoms with E-state index >= 15 is 0 Å². The van der Waals surface area contributed by atoms with Crippen LogP contribution in [0.3, 0.4) is 0 Å². The molecule has 0 aromatic heterocycles. The number of fused-ring (bicyclic) bond motifs is 1. The molecule has 1 heterocycles. The van der Waals surface area contributed by atoms with Crippen LogP contribution in [0.15, 0.2) is 48.5 Å². The Bertz CT molecular complexity index is 887. The standard InChI is InChI=1S/C24H29N3O3/c1-25-23(28)22-13-20(26-14-16-7-9-17(10-8-16)24(29)30-2)15-27(22)21-11-18-5-3-4-6-19(18)12-21/h3-10,20-22,26H,11-15H2,1-2H3,(H,25,28)/t20-,22+/m1/s1. The first-order valence-corrected chi connectivity index (χ1v) is 10.5. The molecule has 30 heavy (non-hydrogen) atoms. The molecule has 0 radical (unpaired) electrons. The fourth-order valence-corrected chi connectivity index (χ4v) is 4.75. The maximum Gasteiger partial charge on any atom is 0.337 e. The fraction of sp³-hybridized carbons (Fsp3) is 0.417. The Balaban J connectivity index is 1.39. The van der Waals surface area contributed by atoms with E-state index in [-0.39, 0.29) is 24.0 Å². The number of likely N-dealkylation sites (N-methyl/N-ethyl adjacent to an activating group) is 1. The molecule has 4 rings (SSSR count). The van der Waals surface area contributed by atoms with Crippen molar-refractivity contribution in [2.75, 3.05) is 20.7 Å². The molecule has 1 fully saturated rings. The minimum absolute atomic E-state index is 0.0951. The summed E-state index contributed by atoms with van der Waals surface area (Å²) in [5.74, 6) is -0.232. The Kier molecular flexibility index (Phi) is 6.16. The summed E-state index contributed by atoms with van der Waals surface area (Å²) in [6.45, 7) is 1.56. The van der Waals surface area contributed by atoms with Crippen molar-refractivity contribution >= 4 is 11.9 Å². The Morgan fingerprint density at radius 1 is 1.07 bits per heavy atom. The lowest BCUT2D eigenvalue weighted by Gasteiger charge is -2.29. The molecule has 6 heteroatoms. The highest BCUT2D eigenvalue weighted by Crippen LogP contribution is 2.31. The van der Waals surface area contributed by atoms with Crippen molar-refractivity contribution in [3.8, 4) is 0 Å². The molecule has 2 N–H and O–H groups in total. The zero-order chi connectivity index (χ0) is 21.1. The van der Waals surface area contributed by atoms with E-state index in [2.05, 4.69) is 39.8 Å². The van der Waals surface area contributed by atoms with Crippen LogP contribution in [0.1, 0.15) is 33.5 Å². The number of amides is 1. The van der Waals surface area contributed by atoms with Gasteiger partial charge in [0.15, 0.2) is 0 Å². The lowest BCUT2D eigenvalue weighted by Crippen LogP contribution is -2.47. The molecule has 1 aliphatic heterocycles. The Morgan fingerprint density at radius 2 is 1.73 bits per heavy atom. The Labute approximate surface area is 177 Å². The molecule has 2 aromatic carbocycles. The van der Waals surface area contributed by atoms with Gasteiger partial charge in [0.1, 0.15) is 0 Å². The van der Waals surface area contributed by atoms with E-state index in [0.717, 1.165) is 31.4 Å². The maximum atomic E-state index is 12.6. The van der Waals surface area contributed by atoms with Gasteiger partial charge in [-0.2, -0.15) is 0 Å². The van der Waals surface area contributed by atoms with Crippen molar-refractivity contribution in [1.29, 1.82) is 0 Å². The van der Waals surface area contributed by atoms with Crippen LogP contribution in [0.4, 0.5) is 0 Å². The van der Waals surface area contributed by atoms with Crippen LogP contribution in [0, 0.1) is 0 Å². The Morgan fingerprint density at radius 3 is 2.33 bits per heavy atom. The van der Waals surface area contributed by atoms with Crippen LogP contribution in [0.2, 0.25) is 0 Å². The largest absolute Gasteiger partial charge is 0.465 e. The molecule has 1 amide bonds. The fourth-order valence-electron chi connectivity index (χ4n) is 4.75. The molecule has 158 valence electrons. The van der Waals surface area contributed by atoms with Gasteiger partial charge >= 0.3 is 5.97 Å². The summed E-state index contributed by atoms with van der Waals surface area (Å²) < 4.78 is 4.75. The van der Waals surface area contributed by atoms with Crippen molar-refractivity contribution in [2.45, 2.75) is 43.9 Å². The van der Waals surface area contributed by atoms with Crippen LogP contribution in [-0.4, -0.2) is 55.6 Å². The highest BCUT2D eigenvalue weighted by Gasteiger charge is 2.41. The highest BCUT2D eigenvalue weighted by atomic mass is 16.5. The number of nitrogens with zero attached hydrogens (tertiary/aromatic N) is 1. The first-order valence-electron chi connectivity index (χ1n) is 10.5. The van der Waals surface area contributed by atoms with E-state index in [9.17, 15) is 9.59 Å². The van der Waals surface area contributed by atoms with Gasteiger partial charge in [0.05, 0.1) is 18.7 Å². The number of carbonyl (C=O) groups excluding carboxylic acids is 2. The quantitative estimate of drug-likeness (QED) is 0.716. The number of hydrogen-bond acceptors (Lipinski definition) is 5. The summed E-state index contributed by atoms with van der Waals surface area (Å²) in [5, 5.41) is 6.45. The number of carbonyl (C=O) groups is 2. The van der Waals surface area contributed by atoms with Gasteiger partial charge in [-0.1, -0.05) is 36.4 Å². The molecular formula is C24H29N3O3. The van der Waals surface area contributed by atoms with Crippen molar-refractivity contribution in [3.05, 3.63) is 70.8 Å². The van der Waals surface area contributed by atoms with Gasteiger partial charge in [-0.15, -0.1) is 0 Å². The monoisotopic (exact) mass is 407 g/mol. The van der Waals surface area contributed by atoms with E-state index in [1.807, 2.05) is 12.1 Å². The normalized spacial score (nSPS) is 21.4. The summed E-state index contributed by atoms with van der Waals surface area (Å²) >= 11 is 0. The van der Waals surface area contributed by atoms with Crippen molar-refractivity contribution in [2.24, 2.45) is 0 Å². The molecule has 0 unspecified atom stereocenters. The number of methoxy groups -OCH3 is 1. The number of ether oxygens (including phenoxy) is 1. The lowest BCUT2D eigenvalue weighted by atomic mass is 10.1. The zero-order valence-corrected chi connectivity index (χ0v) is 17.6. The molecule has 2 atom stereocenters. The van der Waals surface area contributed by atoms with Crippen LogP contribution in [0.25, 0.3) is 0 Å². The van der Waals surface area contributed by atoms with Crippen LogP contribution < -0.4 is 10.6 Å². The van der Waals surface area contributed by atoms with E-state index in [4.69, 9.17) is 4.74 Å². The number of benzene rings is 2. The van der Waals surface area contributed by atoms with Crippen molar-refractivity contribution in [1.82, 2.24) is 15.5 Å². The minimum atomic E-state index is -0.327. The average molecular weight is 408 g/mol. The lowest BCUT2D eigenvalue weighted by molar-refractivity contribution is -0.125. The van der Waals surface area contributed by atoms with Gasteiger partial charge in [0, 0.05) is 32.2 Å². The first-order chi connectivity index (χ1) is 14.6. The summed E-state index contributed by atoms with van der Waals surface area (Å²) in [7, 11) is 3.10. The first kappa shape index (κ1) is 20.6. The van der Waals surface area contributed by atoms with Gasteiger partial charge in [0.2, 0.25) is 5.91 Å². The molecular weight excluding hydrogens is 378 g/mol. The van der Waals surface area contributed by atoms with E-state index in [1.165, 1.54) is 18.2 Å².